The van der Waals surface area contributed by atoms with Gasteiger partial charge in [0.2, 0.25) is 0 Å². The number of aryl methyl sites for hydroxylation is 1. The lowest BCUT2D eigenvalue weighted by molar-refractivity contribution is 0.430. The number of benzene rings is 1. The quantitative estimate of drug-likeness (QED) is 0.905. The Morgan fingerprint density at radius 2 is 1.95 bits per heavy atom. The van der Waals surface area contributed by atoms with Crippen molar-refractivity contribution in [1.82, 2.24) is 0 Å². The molecule has 2 heteroatoms. The molecule has 116 valence electrons. The number of hydrogen-bond donors (Lipinski definition) is 1. The molecule has 2 N–H and O–H groups in total. The van der Waals surface area contributed by atoms with Gasteiger partial charge in [-0.1, -0.05) is 25.0 Å². The summed E-state index contributed by atoms with van der Waals surface area (Å²) in [7, 11) is 0. The molecule has 21 heavy (non-hydrogen) atoms. The molecule has 0 aromatic heterocycles. The fourth-order valence-electron chi connectivity index (χ4n) is 4.46. The minimum atomic E-state index is 0.244. The van der Waals surface area contributed by atoms with Crippen LogP contribution in [0.1, 0.15) is 56.6 Å². The Bertz CT molecular complexity index is 474. The van der Waals surface area contributed by atoms with Crippen LogP contribution >= 0.6 is 0 Å². The van der Waals surface area contributed by atoms with Gasteiger partial charge in [-0.25, -0.2) is 0 Å². The lowest BCUT2D eigenvalue weighted by Crippen LogP contribution is -2.35. The SMILES string of the molecule is Cc1cc(CC(C)N)ccc1N1CCCC1C1CCCC1. The molecule has 2 nitrogen and oxygen atoms in total. The van der Waals surface area contributed by atoms with E-state index in [2.05, 4.69) is 36.9 Å². The van der Waals surface area contributed by atoms with Crippen LogP contribution in [0.15, 0.2) is 18.2 Å². The highest BCUT2D eigenvalue weighted by Gasteiger charge is 2.33. The molecule has 1 aliphatic heterocycles. The summed E-state index contributed by atoms with van der Waals surface area (Å²) in [5.41, 5.74) is 10.2. The molecule has 0 spiro atoms. The van der Waals surface area contributed by atoms with E-state index in [-0.39, 0.29) is 6.04 Å². The predicted molar refractivity (Wildman–Crippen MR) is 90.9 cm³/mol. The van der Waals surface area contributed by atoms with Crippen LogP contribution in [0.25, 0.3) is 0 Å². The van der Waals surface area contributed by atoms with Crippen LogP contribution in [0.2, 0.25) is 0 Å². The third-order valence-corrected chi connectivity index (χ3v) is 5.37. The Kier molecular flexibility index (Phi) is 4.54. The Labute approximate surface area is 129 Å². The standard InChI is InChI=1S/C19H30N2/c1-14-12-16(13-15(2)20)9-10-18(14)21-11-5-8-19(21)17-6-3-4-7-17/h9-10,12,15,17,19H,3-8,11,13,20H2,1-2H3. The van der Waals surface area contributed by atoms with Gasteiger partial charge in [0, 0.05) is 24.3 Å². The first-order chi connectivity index (χ1) is 10.1. The Morgan fingerprint density at radius 3 is 2.62 bits per heavy atom. The van der Waals surface area contributed by atoms with E-state index in [4.69, 9.17) is 5.73 Å². The zero-order valence-electron chi connectivity index (χ0n) is 13.6. The molecule has 1 heterocycles. The molecule has 1 aromatic carbocycles. The maximum Gasteiger partial charge on any atom is 0.0398 e. The number of nitrogens with two attached hydrogens (primary N) is 1. The van der Waals surface area contributed by atoms with Gasteiger partial charge in [0.15, 0.2) is 0 Å². The molecule has 0 amide bonds. The van der Waals surface area contributed by atoms with Crippen LogP contribution in [-0.4, -0.2) is 18.6 Å². The summed E-state index contributed by atoms with van der Waals surface area (Å²) in [4.78, 5) is 2.71. The molecule has 2 aliphatic rings. The molecule has 3 rings (SSSR count). The van der Waals surface area contributed by atoms with E-state index in [1.807, 2.05) is 0 Å². The Hall–Kier alpha value is -1.02. The molecule has 1 aromatic rings. The number of rotatable bonds is 4. The average Bonchev–Trinajstić information content (AvgIpc) is 3.08. The number of anilines is 1. The van der Waals surface area contributed by atoms with Gasteiger partial charge in [0.05, 0.1) is 0 Å². The first-order valence-corrected chi connectivity index (χ1v) is 8.77. The summed E-state index contributed by atoms with van der Waals surface area (Å²) in [5.74, 6) is 0.940. The summed E-state index contributed by atoms with van der Waals surface area (Å²) in [6.07, 6.45) is 9.52. The van der Waals surface area contributed by atoms with E-state index in [0.29, 0.717) is 0 Å². The predicted octanol–water partition coefficient (Wildman–Crippen LogP) is 4.04. The van der Waals surface area contributed by atoms with Crippen LogP contribution in [0.5, 0.6) is 0 Å². The van der Waals surface area contributed by atoms with Gasteiger partial charge in [0.1, 0.15) is 0 Å². The van der Waals surface area contributed by atoms with Crippen molar-refractivity contribution in [3.63, 3.8) is 0 Å². The molecule has 0 bridgehead atoms. The van der Waals surface area contributed by atoms with Gasteiger partial charge in [-0.3, -0.25) is 0 Å². The van der Waals surface area contributed by atoms with E-state index in [1.165, 1.54) is 61.9 Å². The fourth-order valence-corrected chi connectivity index (χ4v) is 4.46. The van der Waals surface area contributed by atoms with Crippen LogP contribution in [0.4, 0.5) is 5.69 Å². The lowest BCUT2D eigenvalue weighted by atomic mass is 9.95. The zero-order chi connectivity index (χ0) is 14.8. The van der Waals surface area contributed by atoms with Gasteiger partial charge in [0.25, 0.3) is 0 Å². The summed E-state index contributed by atoms with van der Waals surface area (Å²) < 4.78 is 0. The molecule has 2 unspecified atom stereocenters. The van der Waals surface area contributed by atoms with E-state index >= 15 is 0 Å². The Balaban J connectivity index is 1.78. The highest BCUT2D eigenvalue weighted by atomic mass is 15.2. The number of nitrogens with zero attached hydrogens (tertiary/aromatic N) is 1. The van der Waals surface area contributed by atoms with Crippen LogP contribution in [-0.2, 0) is 6.42 Å². The van der Waals surface area contributed by atoms with Crippen molar-refractivity contribution in [2.24, 2.45) is 11.7 Å². The normalized spacial score (nSPS) is 24.7. The summed E-state index contributed by atoms with van der Waals surface area (Å²) in [5, 5.41) is 0. The minimum absolute atomic E-state index is 0.244. The van der Waals surface area contributed by atoms with Crippen molar-refractivity contribution in [2.45, 2.75) is 70.9 Å². The first-order valence-electron chi connectivity index (χ1n) is 8.77. The molecule has 2 atom stereocenters. The van der Waals surface area contributed by atoms with Crippen molar-refractivity contribution in [2.75, 3.05) is 11.4 Å². The second-order valence-electron chi connectivity index (χ2n) is 7.25. The molecular formula is C19H30N2. The Morgan fingerprint density at radius 1 is 1.19 bits per heavy atom. The topological polar surface area (TPSA) is 29.3 Å². The smallest absolute Gasteiger partial charge is 0.0398 e. The van der Waals surface area contributed by atoms with Crippen molar-refractivity contribution in [1.29, 1.82) is 0 Å². The van der Waals surface area contributed by atoms with E-state index < -0.39 is 0 Å². The molecule has 2 fully saturated rings. The molecule has 0 radical (unpaired) electrons. The zero-order valence-corrected chi connectivity index (χ0v) is 13.6. The van der Waals surface area contributed by atoms with Crippen molar-refractivity contribution < 1.29 is 0 Å². The molecule has 1 saturated carbocycles. The van der Waals surface area contributed by atoms with Gasteiger partial charge in [-0.15, -0.1) is 0 Å². The van der Waals surface area contributed by atoms with Crippen molar-refractivity contribution in [3.8, 4) is 0 Å². The van der Waals surface area contributed by atoms with Gasteiger partial charge in [-0.2, -0.15) is 0 Å². The third kappa shape index (κ3) is 3.26. The highest BCUT2D eigenvalue weighted by Crippen LogP contribution is 2.38. The fraction of sp³-hybridized carbons (Fsp3) is 0.684. The number of hydrogen-bond acceptors (Lipinski definition) is 2. The third-order valence-electron chi connectivity index (χ3n) is 5.37. The summed E-state index contributed by atoms with van der Waals surface area (Å²) >= 11 is 0. The van der Waals surface area contributed by atoms with Crippen LogP contribution < -0.4 is 10.6 Å². The average molecular weight is 286 g/mol. The maximum atomic E-state index is 5.93. The van der Waals surface area contributed by atoms with Gasteiger partial charge < -0.3 is 10.6 Å². The summed E-state index contributed by atoms with van der Waals surface area (Å²) in [6, 6.07) is 8.03. The first kappa shape index (κ1) is 14.9. The van der Waals surface area contributed by atoms with Gasteiger partial charge >= 0.3 is 0 Å². The van der Waals surface area contributed by atoms with E-state index in [9.17, 15) is 0 Å². The van der Waals surface area contributed by atoms with E-state index in [1.54, 1.807) is 0 Å². The maximum absolute atomic E-state index is 5.93. The molecular weight excluding hydrogens is 256 g/mol. The van der Waals surface area contributed by atoms with Crippen LogP contribution in [0.3, 0.4) is 0 Å². The van der Waals surface area contributed by atoms with Crippen molar-refractivity contribution in [3.05, 3.63) is 29.3 Å². The van der Waals surface area contributed by atoms with Gasteiger partial charge in [-0.05, 0) is 69.1 Å². The summed E-state index contributed by atoms with van der Waals surface area (Å²) in [6.45, 7) is 5.60. The highest BCUT2D eigenvalue weighted by molar-refractivity contribution is 5.56. The molecule has 1 saturated heterocycles. The second-order valence-corrected chi connectivity index (χ2v) is 7.25. The lowest BCUT2D eigenvalue weighted by Gasteiger charge is -2.32. The van der Waals surface area contributed by atoms with Crippen LogP contribution in [0, 0.1) is 12.8 Å². The second kappa shape index (κ2) is 6.39. The minimum Gasteiger partial charge on any atom is -0.368 e. The van der Waals surface area contributed by atoms with E-state index in [0.717, 1.165) is 18.4 Å². The molecule has 1 aliphatic carbocycles. The largest absolute Gasteiger partial charge is 0.368 e. The van der Waals surface area contributed by atoms with Crippen molar-refractivity contribution >= 4 is 5.69 Å². The monoisotopic (exact) mass is 286 g/mol.